The fraction of sp³-hybridized carbons (Fsp3) is 0.533. The molecule has 1 amide bonds. The van der Waals surface area contributed by atoms with Crippen molar-refractivity contribution < 1.29 is 4.79 Å². The molecule has 1 aliphatic carbocycles. The predicted molar refractivity (Wildman–Crippen MR) is 73.9 cm³/mol. The van der Waals surface area contributed by atoms with Crippen molar-refractivity contribution in [2.75, 3.05) is 5.73 Å². The van der Waals surface area contributed by atoms with Crippen LogP contribution in [0, 0.1) is 5.92 Å². The summed E-state index contributed by atoms with van der Waals surface area (Å²) in [5, 5.41) is 0. The van der Waals surface area contributed by atoms with E-state index in [1.54, 1.807) is 0 Å². The third-order valence-electron chi connectivity index (χ3n) is 3.69. The normalized spacial score (nSPS) is 15.5. The van der Waals surface area contributed by atoms with E-state index < -0.39 is 0 Å². The lowest BCUT2D eigenvalue weighted by Crippen LogP contribution is -2.42. The van der Waals surface area contributed by atoms with Gasteiger partial charge in [-0.2, -0.15) is 0 Å². The first kappa shape index (κ1) is 12.9. The number of hydrogen-bond donors (Lipinski definition) is 1. The molecule has 1 saturated carbocycles. The number of rotatable bonds is 4. The zero-order valence-corrected chi connectivity index (χ0v) is 11.2. The standard InChI is InChI=1S/C15H22N2O/c1-11(2)17(15(18)13-4-3-5-13)10-12-6-8-14(16)9-7-12/h6-9,11,13H,3-5,10,16H2,1-2H3. The summed E-state index contributed by atoms with van der Waals surface area (Å²) in [6, 6.07) is 8.02. The molecule has 0 heterocycles. The predicted octanol–water partition coefficient (Wildman–Crippen LogP) is 2.81. The zero-order valence-electron chi connectivity index (χ0n) is 11.2. The highest BCUT2D eigenvalue weighted by Gasteiger charge is 2.30. The molecule has 1 fully saturated rings. The number of nitrogen functional groups attached to an aromatic ring is 1. The molecule has 2 N–H and O–H groups in total. The average molecular weight is 246 g/mol. The first-order valence-electron chi connectivity index (χ1n) is 6.73. The number of benzene rings is 1. The Labute approximate surface area is 109 Å². The fourth-order valence-corrected chi connectivity index (χ4v) is 2.22. The van der Waals surface area contributed by atoms with Crippen molar-refractivity contribution in [1.29, 1.82) is 0 Å². The molecule has 0 bridgehead atoms. The lowest BCUT2D eigenvalue weighted by Gasteiger charge is -2.34. The number of amides is 1. The second-order valence-corrected chi connectivity index (χ2v) is 5.43. The monoisotopic (exact) mass is 246 g/mol. The number of carbonyl (C=O) groups is 1. The largest absolute Gasteiger partial charge is 0.399 e. The number of anilines is 1. The fourth-order valence-electron chi connectivity index (χ4n) is 2.22. The molecule has 0 radical (unpaired) electrons. The van der Waals surface area contributed by atoms with Gasteiger partial charge in [-0.05, 0) is 44.4 Å². The highest BCUT2D eigenvalue weighted by molar-refractivity contribution is 5.79. The Balaban J connectivity index is 2.05. The minimum absolute atomic E-state index is 0.246. The van der Waals surface area contributed by atoms with E-state index >= 15 is 0 Å². The van der Waals surface area contributed by atoms with Crippen molar-refractivity contribution in [2.45, 2.75) is 45.7 Å². The van der Waals surface area contributed by atoms with Crippen LogP contribution in [-0.2, 0) is 11.3 Å². The van der Waals surface area contributed by atoms with E-state index in [-0.39, 0.29) is 12.0 Å². The second-order valence-electron chi connectivity index (χ2n) is 5.43. The Morgan fingerprint density at radius 2 is 1.94 bits per heavy atom. The minimum Gasteiger partial charge on any atom is -0.399 e. The van der Waals surface area contributed by atoms with E-state index in [0.717, 1.165) is 24.1 Å². The van der Waals surface area contributed by atoms with Crippen LogP contribution < -0.4 is 5.73 Å². The molecule has 18 heavy (non-hydrogen) atoms. The van der Waals surface area contributed by atoms with Gasteiger partial charge in [0.15, 0.2) is 0 Å². The van der Waals surface area contributed by atoms with Gasteiger partial charge in [-0.25, -0.2) is 0 Å². The number of nitrogens with zero attached hydrogens (tertiary/aromatic N) is 1. The van der Waals surface area contributed by atoms with Gasteiger partial charge in [0.05, 0.1) is 0 Å². The topological polar surface area (TPSA) is 46.3 Å². The van der Waals surface area contributed by atoms with Crippen molar-refractivity contribution in [1.82, 2.24) is 4.90 Å². The molecule has 0 aromatic heterocycles. The van der Waals surface area contributed by atoms with E-state index in [4.69, 9.17) is 5.73 Å². The van der Waals surface area contributed by atoms with E-state index in [1.165, 1.54) is 6.42 Å². The lowest BCUT2D eigenvalue weighted by molar-refractivity contribution is -0.140. The van der Waals surface area contributed by atoms with Crippen LogP contribution in [0.3, 0.4) is 0 Å². The summed E-state index contributed by atoms with van der Waals surface area (Å²) in [5.74, 6) is 0.578. The van der Waals surface area contributed by atoms with Crippen LogP contribution in [0.1, 0.15) is 38.7 Å². The summed E-state index contributed by atoms with van der Waals surface area (Å²) in [4.78, 5) is 14.3. The van der Waals surface area contributed by atoms with Gasteiger partial charge in [0.25, 0.3) is 0 Å². The van der Waals surface area contributed by atoms with Gasteiger partial charge in [-0.3, -0.25) is 4.79 Å². The molecule has 3 heteroatoms. The van der Waals surface area contributed by atoms with Crippen molar-refractivity contribution in [3.05, 3.63) is 29.8 Å². The van der Waals surface area contributed by atoms with Gasteiger partial charge in [0, 0.05) is 24.2 Å². The van der Waals surface area contributed by atoms with Crippen LogP contribution >= 0.6 is 0 Å². The maximum atomic E-state index is 12.3. The Morgan fingerprint density at radius 1 is 1.33 bits per heavy atom. The first-order chi connectivity index (χ1) is 8.58. The second kappa shape index (κ2) is 5.42. The first-order valence-corrected chi connectivity index (χ1v) is 6.73. The Hall–Kier alpha value is -1.51. The number of nitrogens with two attached hydrogens (primary N) is 1. The minimum atomic E-state index is 0.246. The van der Waals surface area contributed by atoms with Gasteiger partial charge in [-0.15, -0.1) is 0 Å². The summed E-state index contributed by atoms with van der Waals surface area (Å²) < 4.78 is 0. The quantitative estimate of drug-likeness (QED) is 0.830. The molecule has 0 atom stereocenters. The molecule has 0 spiro atoms. The molecule has 0 saturated heterocycles. The van der Waals surface area contributed by atoms with E-state index in [0.29, 0.717) is 12.5 Å². The maximum Gasteiger partial charge on any atom is 0.226 e. The molecular weight excluding hydrogens is 224 g/mol. The molecule has 1 aromatic carbocycles. The lowest BCUT2D eigenvalue weighted by atomic mass is 9.84. The van der Waals surface area contributed by atoms with Crippen LogP contribution in [0.25, 0.3) is 0 Å². The van der Waals surface area contributed by atoms with E-state index in [1.807, 2.05) is 29.2 Å². The van der Waals surface area contributed by atoms with E-state index in [2.05, 4.69) is 13.8 Å². The van der Waals surface area contributed by atoms with Crippen molar-refractivity contribution >= 4 is 11.6 Å². The Kier molecular flexibility index (Phi) is 3.90. The summed E-state index contributed by atoms with van der Waals surface area (Å²) in [6.45, 7) is 4.84. The van der Waals surface area contributed by atoms with Crippen LogP contribution in [-0.4, -0.2) is 16.8 Å². The molecule has 0 unspecified atom stereocenters. The van der Waals surface area contributed by atoms with Gasteiger partial charge in [0.2, 0.25) is 5.91 Å². The molecule has 2 rings (SSSR count). The highest BCUT2D eigenvalue weighted by atomic mass is 16.2. The SMILES string of the molecule is CC(C)N(Cc1ccc(N)cc1)C(=O)C1CCC1. The summed E-state index contributed by atoms with van der Waals surface area (Å²) in [6.07, 6.45) is 3.32. The summed E-state index contributed by atoms with van der Waals surface area (Å²) >= 11 is 0. The third-order valence-corrected chi connectivity index (χ3v) is 3.69. The molecule has 0 aliphatic heterocycles. The highest BCUT2D eigenvalue weighted by Crippen LogP contribution is 2.29. The summed E-state index contributed by atoms with van der Waals surface area (Å²) in [5.41, 5.74) is 7.58. The molecular formula is C15H22N2O. The molecule has 1 aromatic rings. The molecule has 1 aliphatic rings. The van der Waals surface area contributed by atoms with Crippen molar-refractivity contribution in [3.63, 3.8) is 0 Å². The van der Waals surface area contributed by atoms with Crippen molar-refractivity contribution in [3.8, 4) is 0 Å². The molecule has 98 valence electrons. The van der Waals surface area contributed by atoms with E-state index in [9.17, 15) is 4.79 Å². The smallest absolute Gasteiger partial charge is 0.226 e. The van der Waals surface area contributed by atoms with Crippen LogP contribution in [0.15, 0.2) is 24.3 Å². The van der Waals surface area contributed by atoms with Gasteiger partial charge in [0.1, 0.15) is 0 Å². The Bertz CT molecular complexity index is 407. The molecule has 3 nitrogen and oxygen atoms in total. The van der Waals surface area contributed by atoms with Crippen LogP contribution in [0.5, 0.6) is 0 Å². The van der Waals surface area contributed by atoms with Gasteiger partial charge >= 0.3 is 0 Å². The van der Waals surface area contributed by atoms with Crippen LogP contribution in [0.4, 0.5) is 5.69 Å². The number of hydrogen-bond acceptors (Lipinski definition) is 2. The van der Waals surface area contributed by atoms with Crippen molar-refractivity contribution in [2.24, 2.45) is 5.92 Å². The van der Waals surface area contributed by atoms with Gasteiger partial charge in [-0.1, -0.05) is 18.6 Å². The third kappa shape index (κ3) is 2.84. The number of carbonyl (C=O) groups excluding carboxylic acids is 1. The van der Waals surface area contributed by atoms with Crippen LogP contribution in [0.2, 0.25) is 0 Å². The maximum absolute atomic E-state index is 12.3. The summed E-state index contributed by atoms with van der Waals surface area (Å²) in [7, 11) is 0. The Morgan fingerprint density at radius 3 is 2.39 bits per heavy atom. The van der Waals surface area contributed by atoms with Gasteiger partial charge < -0.3 is 10.6 Å². The zero-order chi connectivity index (χ0) is 13.1. The average Bonchev–Trinajstić information content (AvgIpc) is 2.25.